The van der Waals surface area contributed by atoms with E-state index in [1.807, 2.05) is 35.2 Å². The van der Waals surface area contributed by atoms with E-state index in [1.165, 1.54) is 6.07 Å². The average Bonchev–Trinajstić information content (AvgIpc) is 3.11. The molecule has 0 bridgehead atoms. The Kier molecular flexibility index (Phi) is 4.54. The lowest BCUT2D eigenvalue weighted by molar-refractivity contribution is -0.0435. The topological polar surface area (TPSA) is 75.3 Å². The minimum absolute atomic E-state index is 0.163. The van der Waals surface area contributed by atoms with Crippen LogP contribution >= 0.6 is 0 Å². The SMILES string of the molecule is O=S(=O)(c1ccc2nc(N3CCOC(c4ccccc4)C3)[nH]c2c1)C(F)(F)F. The zero-order valence-corrected chi connectivity index (χ0v) is 15.3. The first-order valence-corrected chi connectivity index (χ1v) is 9.96. The highest BCUT2D eigenvalue weighted by atomic mass is 32.2. The summed E-state index contributed by atoms with van der Waals surface area (Å²) in [5.41, 5.74) is -3.72. The van der Waals surface area contributed by atoms with Gasteiger partial charge in [-0.2, -0.15) is 13.2 Å². The molecule has 2 aromatic carbocycles. The van der Waals surface area contributed by atoms with E-state index in [2.05, 4.69) is 9.97 Å². The Bertz CT molecular complexity index is 1100. The maximum atomic E-state index is 12.8. The van der Waals surface area contributed by atoms with E-state index in [1.54, 1.807) is 0 Å². The van der Waals surface area contributed by atoms with Crippen molar-refractivity contribution in [2.24, 2.45) is 0 Å². The number of aromatic amines is 1. The molecule has 1 aliphatic rings. The van der Waals surface area contributed by atoms with Gasteiger partial charge in [0.1, 0.15) is 6.10 Å². The summed E-state index contributed by atoms with van der Waals surface area (Å²) in [4.78, 5) is 8.43. The number of morpholine rings is 1. The summed E-state index contributed by atoms with van der Waals surface area (Å²) < 4.78 is 67.4. The summed E-state index contributed by atoms with van der Waals surface area (Å²) in [6.07, 6.45) is -0.163. The molecule has 0 aliphatic carbocycles. The normalized spacial score (nSPS) is 18.5. The number of imidazole rings is 1. The Morgan fingerprint density at radius 1 is 1.14 bits per heavy atom. The number of hydrogen-bond acceptors (Lipinski definition) is 5. The summed E-state index contributed by atoms with van der Waals surface area (Å²) >= 11 is 0. The predicted molar refractivity (Wildman–Crippen MR) is 96.7 cm³/mol. The number of nitrogens with one attached hydrogen (secondary N) is 1. The van der Waals surface area contributed by atoms with Gasteiger partial charge in [0.15, 0.2) is 0 Å². The van der Waals surface area contributed by atoms with Gasteiger partial charge in [0.2, 0.25) is 5.95 Å². The molecule has 10 heteroatoms. The minimum atomic E-state index is -5.41. The zero-order valence-electron chi connectivity index (χ0n) is 14.5. The number of hydrogen-bond donors (Lipinski definition) is 1. The molecule has 0 amide bonds. The van der Waals surface area contributed by atoms with Crippen LogP contribution in [0.1, 0.15) is 11.7 Å². The maximum absolute atomic E-state index is 12.8. The predicted octanol–water partition coefficient (Wildman–Crippen LogP) is 3.43. The lowest BCUT2D eigenvalue weighted by Gasteiger charge is -2.32. The van der Waals surface area contributed by atoms with Crippen molar-refractivity contribution in [3.8, 4) is 0 Å². The number of sulfone groups is 1. The molecule has 0 saturated carbocycles. The van der Waals surface area contributed by atoms with Crippen LogP contribution in [0.2, 0.25) is 0 Å². The number of aromatic nitrogens is 2. The molecule has 1 atom stereocenters. The molecule has 0 radical (unpaired) electrons. The minimum Gasteiger partial charge on any atom is -0.370 e. The summed E-state index contributed by atoms with van der Waals surface area (Å²) in [6, 6.07) is 12.8. The molecular formula is C18H16F3N3O3S. The van der Waals surface area contributed by atoms with Crippen molar-refractivity contribution in [3.05, 3.63) is 54.1 Å². The summed E-state index contributed by atoms with van der Waals surface area (Å²) in [7, 11) is -5.41. The van der Waals surface area contributed by atoms with Gasteiger partial charge in [-0.3, -0.25) is 0 Å². The highest BCUT2D eigenvalue weighted by Gasteiger charge is 2.47. The van der Waals surface area contributed by atoms with Crippen molar-refractivity contribution in [2.45, 2.75) is 16.5 Å². The third-order valence-electron chi connectivity index (χ3n) is 4.59. The maximum Gasteiger partial charge on any atom is 0.501 e. The van der Waals surface area contributed by atoms with Crippen LogP contribution in [-0.4, -0.2) is 43.6 Å². The Morgan fingerprint density at radius 3 is 2.61 bits per heavy atom. The fourth-order valence-electron chi connectivity index (χ4n) is 3.14. The van der Waals surface area contributed by atoms with E-state index in [0.717, 1.165) is 17.7 Å². The first kappa shape index (κ1) is 18.8. The zero-order chi connectivity index (χ0) is 19.9. The van der Waals surface area contributed by atoms with Crippen molar-refractivity contribution >= 4 is 26.8 Å². The van der Waals surface area contributed by atoms with Gasteiger partial charge in [0.05, 0.1) is 29.1 Å². The third kappa shape index (κ3) is 3.33. The van der Waals surface area contributed by atoms with Crippen molar-refractivity contribution in [3.63, 3.8) is 0 Å². The van der Waals surface area contributed by atoms with E-state index >= 15 is 0 Å². The van der Waals surface area contributed by atoms with Crippen molar-refractivity contribution in [1.82, 2.24) is 9.97 Å². The number of halogens is 3. The molecule has 1 saturated heterocycles. The fraction of sp³-hybridized carbons (Fsp3) is 0.278. The molecule has 1 aromatic heterocycles. The first-order valence-electron chi connectivity index (χ1n) is 8.48. The van der Waals surface area contributed by atoms with Crippen LogP contribution < -0.4 is 4.90 Å². The molecular weight excluding hydrogens is 395 g/mol. The number of alkyl halides is 3. The summed E-state index contributed by atoms with van der Waals surface area (Å²) in [5.74, 6) is 0.459. The van der Waals surface area contributed by atoms with Crippen LogP contribution in [-0.2, 0) is 14.6 Å². The van der Waals surface area contributed by atoms with Crippen LogP contribution in [0, 0.1) is 0 Å². The second-order valence-corrected chi connectivity index (χ2v) is 8.35. The number of anilines is 1. The van der Waals surface area contributed by atoms with Crippen molar-refractivity contribution in [2.75, 3.05) is 24.6 Å². The van der Waals surface area contributed by atoms with Gasteiger partial charge in [-0.1, -0.05) is 30.3 Å². The van der Waals surface area contributed by atoms with E-state index in [9.17, 15) is 21.6 Å². The Morgan fingerprint density at radius 2 is 1.89 bits per heavy atom. The molecule has 4 rings (SSSR count). The van der Waals surface area contributed by atoms with Crippen LogP contribution in [0.25, 0.3) is 11.0 Å². The average molecular weight is 411 g/mol. The van der Waals surface area contributed by atoms with Crippen LogP contribution in [0.4, 0.5) is 19.1 Å². The van der Waals surface area contributed by atoms with Gasteiger partial charge in [0.25, 0.3) is 9.84 Å². The Hall–Kier alpha value is -2.59. The molecule has 1 aliphatic heterocycles. The number of rotatable bonds is 3. The van der Waals surface area contributed by atoms with Crippen molar-refractivity contribution < 1.29 is 26.3 Å². The van der Waals surface area contributed by atoms with Crippen molar-refractivity contribution in [1.29, 1.82) is 0 Å². The molecule has 3 aromatic rings. The van der Waals surface area contributed by atoms with E-state index in [0.29, 0.717) is 31.2 Å². The smallest absolute Gasteiger partial charge is 0.370 e. The molecule has 28 heavy (non-hydrogen) atoms. The highest BCUT2D eigenvalue weighted by molar-refractivity contribution is 7.92. The lowest BCUT2D eigenvalue weighted by Crippen LogP contribution is -2.39. The third-order valence-corrected chi connectivity index (χ3v) is 6.08. The van der Waals surface area contributed by atoms with Crippen LogP contribution in [0.15, 0.2) is 53.4 Å². The number of ether oxygens (including phenoxy) is 1. The molecule has 1 fully saturated rings. The molecule has 1 N–H and O–H groups in total. The second-order valence-electron chi connectivity index (χ2n) is 6.40. The standard InChI is InChI=1S/C18H16F3N3O3S/c19-18(20,21)28(25,26)13-6-7-14-15(10-13)23-17(22-14)24-8-9-27-16(11-24)12-4-2-1-3-5-12/h1-7,10,16H,8-9,11H2,(H,22,23). The Balaban J connectivity index is 1.63. The highest BCUT2D eigenvalue weighted by Crippen LogP contribution is 2.32. The van der Waals surface area contributed by atoms with Gasteiger partial charge in [0, 0.05) is 6.54 Å². The van der Waals surface area contributed by atoms with Gasteiger partial charge in [-0.15, -0.1) is 0 Å². The molecule has 6 nitrogen and oxygen atoms in total. The quantitative estimate of drug-likeness (QED) is 0.715. The van der Waals surface area contributed by atoms with E-state index in [-0.39, 0.29) is 11.6 Å². The molecule has 1 unspecified atom stereocenters. The number of benzene rings is 2. The van der Waals surface area contributed by atoms with E-state index in [4.69, 9.17) is 4.74 Å². The van der Waals surface area contributed by atoms with Crippen LogP contribution in [0.5, 0.6) is 0 Å². The van der Waals surface area contributed by atoms with Gasteiger partial charge in [-0.25, -0.2) is 13.4 Å². The summed E-state index contributed by atoms with van der Waals surface area (Å²) in [5, 5.41) is 0. The van der Waals surface area contributed by atoms with Crippen LogP contribution in [0.3, 0.4) is 0 Å². The molecule has 2 heterocycles. The molecule has 0 spiro atoms. The summed E-state index contributed by atoms with van der Waals surface area (Å²) in [6.45, 7) is 1.53. The monoisotopic (exact) mass is 411 g/mol. The lowest BCUT2D eigenvalue weighted by atomic mass is 10.1. The van der Waals surface area contributed by atoms with Gasteiger partial charge in [-0.05, 0) is 23.8 Å². The number of nitrogens with zero attached hydrogens (tertiary/aromatic N) is 2. The molecule has 148 valence electrons. The Labute approximate surface area is 158 Å². The van der Waals surface area contributed by atoms with Gasteiger partial charge < -0.3 is 14.6 Å². The fourth-order valence-corrected chi connectivity index (χ4v) is 3.92. The van der Waals surface area contributed by atoms with E-state index < -0.39 is 20.2 Å². The largest absolute Gasteiger partial charge is 0.501 e. The first-order chi connectivity index (χ1) is 13.3. The number of fused-ring (bicyclic) bond motifs is 1. The second kappa shape index (κ2) is 6.78. The number of H-pyrrole nitrogens is 1. The van der Waals surface area contributed by atoms with Gasteiger partial charge >= 0.3 is 5.51 Å².